The highest BCUT2D eigenvalue weighted by Crippen LogP contribution is 2.19. The first-order valence-electron chi connectivity index (χ1n) is 5.81. The number of carbonyl (C=O) groups is 1. The van der Waals surface area contributed by atoms with E-state index in [-0.39, 0.29) is 0 Å². The average molecular weight is 274 g/mol. The van der Waals surface area contributed by atoms with Gasteiger partial charge in [-0.05, 0) is 47.7 Å². The quantitative estimate of drug-likeness (QED) is 0.845. The molecule has 0 amide bonds. The van der Waals surface area contributed by atoms with Crippen molar-refractivity contribution in [2.24, 2.45) is 0 Å². The normalized spacial score (nSPS) is 10.8. The van der Waals surface area contributed by atoms with E-state index in [0.29, 0.717) is 6.61 Å². The molecule has 0 radical (unpaired) electrons. The van der Waals surface area contributed by atoms with E-state index >= 15 is 0 Å². The van der Waals surface area contributed by atoms with Gasteiger partial charge < -0.3 is 9.84 Å². The minimum atomic E-state index is -0.941. The molecule has 0 unspecified atom stereocenters. The van der Waals surface area contributed by atoms with Gasteiger partial charge >= 0.3 is 5.97 Å². The lowest BCUT2D eigenvalue weighted by molar-refractivity contribution is -0.131. The summed E-state index contributed by atoms with van der Waals surface area (Å²) in [5, 5.41) is 10.5. The molecule has 0 fully saturated rings. The molecule has 0 bridgehead atoms. The second kappa shape index (κ2) is 6.20. The van der Waals surface area contributed by atoms with Gasteiger partial charge in [-0.25, -0.2) is 4.79 Å². The summed E-state index contributed by atoms with van der Waals surface area (Å²) in [7, 11) is 0. The predicted octanol–water partition coefficient (Wildman–Crippen LogP) is 3.73. The third-order valence-corrected chi connectivity index (χ3v) is 3.39. The van der Waals surface area contributed by atoms with Crippen LogP contribution in [0.1, 0.15) is 16.0 Å². The number of rotatable bonds is 5. The van der Waals surface area contributed by atoms with Crippen molar-refractivity contribution in [1.29, 1.82) is 0 Å². The van der Waals surface area contributed by atoms with Gasteiger partial charge in [0.15, 0.2) is 0 Å². The molecular weight excluding hydrogens is 260 g/mol. The Kier molecular flexibility index (Phi) is 4.36. The number of aryl methyl sites for hydroxylation is 1. The van der Waals surface area contributed by atoms with Crippen LogP contribution in [0.25, 0.3) is 6.08 Å². The Hall–Kier alpha value is -2.07. The summed E-state index contributed by atoms with van der Waals surface area (Å²) in [6.45, 7) is 2.52. The molecule has 1 heterocycles. The van der Waals surface area contributed by atoms with Crippen LogP contribution in [-0.2, 0) is 11.4 Å². The van der Waals surface area contributed by atoms with Crippen LogP contribution in [0.15, 0.2) is 41.8 Å². The van der Waals surface area contributed by atoms with E-state index < -0.39 is 5.97 Å². The molecule has 2 rings (SSSR count). The highest BCUT2D eigenvalue weighted by molar-refractivity contribution is 7.10. The van der Waals surface area contributed by atoms with Gasteiger partial charge in [-0.1, -0.05) is 12.1 Å². The number of thiophene rings is 1. The minimum Gasteiger partial charge on any atom is -0.488 e. The number of carboxylic acid groups (broad SMARTS) is 1. The fraction of sp³-hybridized carbons (Fsp3) is 0.133. The second-order valence-electron chi connectivity index (χ2n) is 4.12. The molecule has 0 saturated heterocycles. The third-order valence-electron chi connectivity index (χ3n) is 2.46. The van der Waals surface area contributed by atoms with Gasteiger partial charge in [0.1, 0.15) is 12.4 Å². The maximum atomic E-state index is 10.4. The van der Waals surface area contributed by atoms with E-state index in [2.05, 4.69) is 0 Å². The molecule has 4 heteroatoms. The summed E-state index contributed by atoms with van der Waals surface area (Å²) in [5.74, 6) is -0.0974. The summed E-state index contributed by atoms with van der Waals surface area (Å²) < 4.78 is 5.68. The predicted molar refractivity (Wildman–Crippen MR) is 76.5 cm³/mol. The molecular formula is C15H14O3S. The number of benzene rings is 1. The lowest BCUT2D eigenvalue weighted by atomic mass is 10.2. The molecule has 1 N–H and O–H groups in total. The van der Waals surface area contributed by atoms with Gasteiger partial charge in [0.2, 0.25) is 0 Å². The van der Waals surface area contributed by atoms with Crippen LogP contribution in [0.3, 0.4) is 0 Å². The van der Waals surface area contributed by atoms with Gasteiger partial charge in [-0.15, -0.1) is 11.3 Å². The molecule has 1 aromatic carbocycles. The van der Waals surface area contributed by atoms with E-state index in [4.69, 9.17) is 9.84 Å². The van der Waals surface area contributed by atoms with Crippen molar-refractivity contribution < 1.29 is 14.6 Å². The van der Waals surface area contributed by atoms with Gasteiger partial charge in [-0.3, -0.25) is 0 Å². The molecule has 0 aliphatic carbocycles. The Morgan fingerprint density at radius 3 is 3.00 bits per heavy atom. The van der Waals surface area contributed by atoms with E-state index in [1.165, 1.54) is 0 Å². The van der Waals surface area contributed by atoms with Gasteiger partial charge in [0, 0.05) is 11.0 Å². The maximum absolute atomic E-state index is 10.4. The Labute approximate surface area is 115 Å². The summed E-state index contributed by atoms with van der Waals surface area (Å²) >= 11 is 1.56. The van der Waals surface area contributed by atoms with Gasteiger partial charge in [0.05, 0.1) is 0 Å². The molecule has 0 aliphatic rings. The SMILES string of the molecule is Cc1cccc(OCc2cc(C=CC(=O)O)cs2)c1. The van der Waals surface area contributed by atoms with Crippen molar-refractivity contribution in [3.05, 3.63) is 57.8 Å². The summed E-state index contributed by atoms with van der Waals surface area (Å²) in [5.41, 5.74) is 2.05. The van der Waals surface area contributed by atoms with Crippen molar-refractivity contribution in [2.75, 3.05) is 0 Å². The molecule has 0 atom stereocenters. The van der Waals surface area contributed by atoms with Crippen LogP contribution in [-0.4, -0.2) is 11.1 Å². The van der Waals surface area contributed by atoms with Crippen LogP contribution < -0.4 is 4.74 Å². The Morgan fingerprint density at radius 2 is 2.26 bits per heavy atom. The summed E-state index contributed by atoms with van der Waals surface area (Å²) in [4.78, 5) is 11.5. The van der Waals surface area contributed by atoms with Crippen molar-refractivity contribution in [3.8, 4) is 5.75 Å². The molecule has 2 aromatic rings. The highest BCUT2D eigenvalue weighted by atomic mass is 32.1. The zero-order valence-corrected chi connectivity index (χ0v) is 11.3. The number of carboxylic acids is 1. The first-order chi connectivity index (χ1) is 9.13. The van der Waals surface area contributed by atoms with Crippen LogP contribution in [0.5, 0.6) is 5.75 Å². The molecule has 0 aliphatic heterocycles. The largest absolute Gasteiger partial charge is 0.488 e. The van der Waals surface area contributed by atoms with Gasteiger partial charge in [-0.2, -0.15) is 0 Å². The Bertz CT molecular complexity index is 599. The number of ether oxygens (including phenoxy) is 1. The standard InChI is InChI=1S/C15H14O3S/c1-11-3-2-4-13(7-11)18-9-14-8-12(10-19-14)5-6-15(16)17/h2-8,10H,9H2,1H3,(H,16,17). The summed E-state index contributed by atoms with van der Waals surface area (Å²) in [6, 6.07) is 9.82. The highest BCUT2D eigenvalue weighted by Gasteiger charge is 2.00. The molecule has 0 saturated carbocycles. The minimum absolute atomic E-state index is 0.495. The molecule has 3 nitrogen and oxygen atoms in total. The van der Waals surface area contributed by atoms with Crippen LogP contribution in [0, 0.1) is 6.92 Å². The number of aliphatic carboxylic acids is 1. The fourth-order valence-electron chi connectivity index (χ4n) is 1.59. The van der Waals surface area contributed by atoms with E-state index in [9.17, 15) is 4.79 Å². The van der Waals surface area contributed by atoms with Crippen LogP contribution in [0.4, 0.5) is 0 Å². The fourth-order valence-corrected chi connectivity index (χ4v) is 2.35. The van der Waals surface area contributed by atoms with E-state index in [1.54, 1.807) is 17.4 Å². The van der Waals surface area contributed by atoms with Crippen molar-refractivity contribution in [1.82, 2.24) is 0 Å². The third kappa shape index (κ3) is 4.26. The van der Waals surface area contributed by atoms with Gasteiger partial charge in [0.25, 0.3) is 0 Å². The van der Waals surface area contributed by atoms with Crippen molar-refractivity contribution in [2.45, 2.75) is 13.5 Å². The van der Waals surface area contributed by atoms with E-state index in [1.807, 2.05) is 42.6 Å². The summed E-state index contributed by atoms with van der Waals surface area (Å²) in [6.07, 6.45) is 2.71. The molecule has 0 spiro atoms. The second-order valence-corrected chi connectivity index (χ2v) is 5.12. The zero-order valence-electron chi connectivity index (χ0n) is 10.5. The molecule has 19 heavy (non-hydrogen) atoms. The number of hydrogen-bond donors (Lipinski definition) is 1. The lowest BCUT2D eigenvalue weighted by Gasteiger charge is -2.04. The zero-order chi connectivity index (χ0) is 13.7. The monoisotopic (exact) mass is 274 g/mol. The van der Waals surface area contributed by atoms with Crippen LogP contribution in [0.2, 0.25) is 0 Å². The number of hydrogen-bond acceptors (Lipinski definition) is 3. The molecule has 1 aromatic heterocycles. The first-order valence-corrected chi connectivity index (χ1v) is 6.69. The van der Waals surface area contributed by atoms with E-state index in [0.717, 1.165) is 27.8 Å². The smallest absolute Gasteiger partial charge is 0.328 e. The first kappa shape index (κ1) is 13.4. The Morgan fingerprint density at radius 1 is 1.42 bits per heavy atom. The maximum Gasteiger partial charge on any atom is 0.328 e. The Balaban J connectivity index is 1.95. The molecule has 98 valence electrons. The lowest BCUT2D eigenvalue weighted by Crippen LogP contribution is -1.92. The van der Waals surface area contributed by atoms with Crippen molar-refractivity contribution >= 4 is 23.4 Å². The topological polar surface area (TPSA) is 46.5 Å². The van der Waals surface area contributed by atoms with Crippen molar-refractivity contribution in [3.63, 3.8) is 0 Å². The average Bonchev–Trinajstić information content (AvgIpc) is 2.82. The van der Waals surface area contributed by atoms with Crippen LogP contribution >= 0.6 is 11.3 Å².